The Labute approximate surface area is 134 Å². The summed E-state index contributed by atoms with van der Waals surface area (Å²) in [7, 11) is 0. The minimum Gasteiger partial charge on any atom is -0.335 e. The lowest BCUT2D eigenvalue weighted by molar-refractivity contribution is -0.133. The van der Waals surface area contributed by atoms with Gasteiger partial charge in [-0.1, -0.05) is 18.2 Å². The number of carbonyl (C=O) groups is 1. The van der Waals surface area contributed by atoms with Gasteiger partial charge < -0.3 is 14.0 Å². The monoisotopic (exact) mass is 309 g/mol. The molecule has 3 heterocycles. The van der Waals surface area contributed by atoms with Gasteiger partial charge in [0, 0.05) is 24.3 Å². The van der Waals surface area contributed by atoms with Gasteiger partial charge in [0.15, 0.2) is 5.82 Å². The molecule has 0 unspecified atom stereocenters. The maximum Gasteiger partial charge on any atom is 0.242 e. The van der Waals surface area contributed by atoms with Gasteiger partial charge in [0.2, 0.25) is 5.91 Å². The highest BCUT2D eigenvalue weighted by Crippen LogP contribution is 2.20. The summed E-state index contributed by atoms with van der Waals surface area (Å²) in [5.41, 5.74) is 2.21. The number of benzene rings is 1. The largest absolute Gasteiger partial charge is 0.335 e. The summed E-state index contributed by atoms with van der Waals surface area (Å²) in [5.74, 6) is 1.91. The summed E-state index contributed by atoms with van der Waals surface area (Å²) >= 11 is 0. The summed E-state index contributed by atoms with van der Waals surface area (Å²) in [6.07, 6.45) is 0. The van der Waals surface area contributed by atoms with Gasteiger partial charge in [-0.05, 0) is 31.4 Å². The molecule has 0 spiro atoms. The first-order chi connectivity index (χ1) is 11.1. The highest BCUT2D eigenvalue weighted by molar-refractivity contribution is 5.84. The molecule has 3 aromatic rings. The number of para-hydroxylation sites is 1. The predicted octanol–water partition coefficient (Wildman–Crippen LogP) is 1.89. The lowest BCUT2D eigenvalue weighted by Crippen LogP contribution is -2.40. The van der Waals surface area contributed by atoms with Crippen molar-refractivity contribution in [3.8, 4) is 0 Å². The second-order valence-corrected chi connectivity index (χ2v) is 6.06. The standard InChI is InChI=1S/C17H19N5O/c1-12-9-14-5-3-4-6-15(14)22(12)11-17(23)20-7-8-21-13(2)18-19-16(21)10-20/h3-6,9H,7-8,10-11H2,1-2H3. The average molecular weight is 309 g/mol. The SMILES string of the molecule is Cc1nnc2n1CCN(C(=O)Cn1c(C)cc3ccccc31)C2. The average Bonchev–Trinajstić information content (AvgIpc) is 3.08. The van der Waals surface area contributed by atoms with Crippen LogP contribution in [0, 0.1) is 13.8 Å². The van der Waals surface area contributed by atoms with Crippen molar-refractivity contribution in [2.45, 2.75) is 33.5 Å². The first kappa shape index (κ1) is 14.0. The fourth-order valence-corrected chi connectivity index (χ4v) is 3.31. The molecule has 0 atom stereocenters. The molecule has 0 aliphatic carbocycles. The zero-order chi connectivity index (χ0) is 16.0. The van der Waals surface area contributed by atoms with Crippen molar-refractivity contribution in [2.75, 3.05) is 6.54 Å². The van der Waals surface area contributed by atoms with Crippen LogP contribution in [-0.4, -0.2) is 36.7 Å². The number of nitrogens with zero attached hydrogens (tertiary/aromatic N) is 5. The number of amides is 1. The van der Waals surface area contributed by atoms with Gasteiger partial charge in [-0.25, -0.2) is 0 Å². The lowest BCUT2D eigenvalue weighted by Gasteiger charge is -2.28. The van der Waals surface area contributed by atoms with E-state index in [1.807, 2.05) is 30.9 Å². The number of rotatable bonds is 2. The van der Waals surface area contributed by atoms with E-state index < -0.39 is 0 Å². The fraction of sp³-hybridized carbons (Fsp3) is 0.353. The number of carbonyl (C=O) groups excluding carboxylic acids is 1. The maximum atomic E-state index is 12.7. The third-order valence-electron chi connectivity index (χ3n) is 4.60. The van der Waals surface area contributed by atoms with Gasteiger partial charge in [0.1, 0.15) is 12.4 Å². The lowest BCUT2D eigenvalue weighted by atomic mass is 10.2. The van der Waals surface area contributed by atoms with Crippen molar-refractivity contribution in [3.05, 3.63) is 47.7 Å². The van der Waals surface area contributed by atoms with Gasteiger partial charge in [-0.15, -0.1) is 10.2 Å². The van der Waals surface area contributed by atoms with Gasteiger partial charge in [-0.3, -0.25) is 4.79 Å². The quantitative estimate of drug-likeness (QED) is 0.726. The van der Waals surface area contributed by atoms with Gasteiger partial charge in [-0.2, -0.15) is 0 Å². The second-order valence-electron chi connectivity index (χ2n) is 6.06. The molecule has 0 fully saturated rings. The smallest absolute Gasteiger partial charge is 0.242 e. The van der Waals surface area contributed by atoms with E-state index in [0.717, 1.165) is 29.4 Å². The molecule has 1 aromatic carbocycles. The van der Waals surface area contributed by atoms with Crippen molar-refractivity contribution >= 4 is 16.8 Å². The molecule has 0 saturated carbocycles. The normalized spacial score (nSPS) is 14.3. The Balaban J connectivity index is 1.57. The number of aryl methyl sites for hydroxylation is 2. The van der Waals surface area contributed by atoms with Crippen molar-refractivity contribution in [1.82, 2.24) is 24.2 Å². The Bertz CT molecular complexity index is 892. The summed E-state index contributed by atoms with van der Waals surface area (Å²) < 4.78 is 4.17. The molecule has 6 nitrogen and oxygen atoms in total. The van der Waals surface area contributed by atoms with Crippen molar-refractivity contribution < 1.29 is 4.79 Å². The first-order valence-corrected chi connectivity index (χ1v) is 7.85. The van der Waals surface area contributed by atoms with E-state index in [0.29, 0.717) is 19.6 Å². The van der Waals surface area contributed by atoms with Gasteiger partial charge in [0.25, 0.3) is 0 Å². The van der Waals surface area contributed by atoms with E-state index in [1.165, 1.54) is 5.39 Å². The Morgan fingerprint density at radius 3 is 2.87 bits per heavy atom. The van der Waals surface area contributed by atoms with Crippen LogP contribution >= 0.6 is 0 Å². The Kier molecular flexibility index (Phi) is 3.18. The second kappa shape index (κ2) is 5.22. The molecule has 1 aliphatic heterocycles. The molecule has 0 radical (unpaired) electrons. The van der Waals surface area contributed by atoms with Crippen molar-refractivity contribution in [2.24, 2.45) is 0 Å². The number of hydrogen-bond donors (Lipinski definition) is 0. The number of aromatic nitrogens is 4. The van der Waals surface area contributed by atoms with Crippen LogP contribution in [0.4, 0.5) is 0 Å². The molecule has 0 saturated heterocycles. The maximum absolute atomic E-state index is 12.7. The highest BCUT2D eigenvalue weighted by atomic mass is 16.2. The van der Waals surface area contributed by atoms with E-state index >= 15 is 0 Å². The van der Waals surface area contributed by atoms with Gasteiger partial charge >= 0.3 is 0 Å². The van der Waals surface area contributed by atoms with E-state index in [1.54, 1.807) is 0 Å². The summed E-state index contributed by atoms with van der Waals surface area (Å²) in [6, 6.07) is 10.3. The van der Waals surface area contributed by atoms with Crippen molar-refractivity contribution in [1.29, 1.82) is 0 Å². The van der Waals surface area contributed by atoms with Crippen LogP contribution in [0.15, 0.2) is 30.3 Å². The summed E-state index contributed by atoms with van der Waals surface area (Å²) in [6.45, 7) is 6.38. The van der Waals surface area contributed by atoms with Gasteiger partial charge in [0.05, 0.1) is 6.54 Å². The molecular formula is C17H19N5O. The molecule has 6 heteroatoms. The van der Waals surface area contributed by atoms with E-state index in [-0.39, 0.29) is 5.91 Å². The van der Waals surface area contributed by atoms with Crippen LogP contribution < -0.4 is 0 Å². The van der Waals surface area contributed by atoms with Crippen molar-refractivity contribution in [3.63, 3.8) is 0 Å². The minimum absolute atomic E-state index is 0.126. The topological polar surface area (TPSA) is 56.0 Å². The molecule has 0 bridgehead atoms. The summed E-state index contributed by atoms with van der Waals surface area (Å²) in [5, 5.41) is 9.43. The van der Waals surface area contributed by atoms with Crippen LogP contribution in [0.2, 0.25) is 0 Å². The molecular weight excluding hydrogens is 290 g/mol. The third-order valence-corrected chi connectivity index (χ3v) is 4.60. The molecule has 0 N–H and O–H groups in total. The number of hydrogen-bond acceptors (Lipinski definition) is 3. The molecule has 1 aliphatic rings. The predicted molar refractivity (Wildman–Crippen MR) is 86.9 cm³/mol. The zero-order valence-electron chi connectivity index (χ0n) is 13.4. The summed E-state index contributed by atoms with van der Waals surface area (Å²) in [4.78, 5) is 14.6. The first-order valence-electron chi connectivity index (χ1n) is 7.85. The Morgan fingerprint density at radius 1 is 1.17 bits per heavy atom. The Morgan fingerprint density at radius 2 is 2.00 bits per heavy atom. The number of fused-ring (bicyclic) bond motifs is 2. The highest BCUT2D eigenvalue weighted by Gasteiger charge is 2.24. The van der Waals surface area contributed by atoms with Crippen LogP contribution in [0.3, 0.4) is 0 Å². The van der Waals surface area contributed by atoms with Crippen LogP contribution in [0.5, 0.6) is 0 Å². The molecule has 4 rings (SSSR count). The molecule has 118 valence electrons. The molecule has 1 amide bonds. The fourth-order valence-electron chi connectivity index (χ4n) is 3.31. The van der Waals surface area contributed by atoms with Crippen LogP contribution in [0.1, 0.15) is 17.3 Å². The van der Waals surface area contributed by atoms with E-state index in [2.05, 4.69) is 37.5 Å². The van der Waals surface area contributed by atoms with Crippen LogP contribution in [0.25, 0.3) is 10.9 Å². The third kappa shape index (κ3) is 2.30. The van der Waals surface area contributed by atoms with Crippen LogP contribution in [-0.2, 0) is 24.4 Å². The zero-order valence-corrected chi connectivity index (χ0v) is 13.4. The molecule has 23 heavy (non-hydrogen) atoms. The van der Waals surface area contributed by atoms with E-state index in [9.17, 15) is 4.79 Å². The minimum atomic E-state index is 0.126. The van der Waals surface area contributed by atoms with E-state index in [4.69, 9.17) is 0 Å². The molecule has 2 aromatic heterocycles. The Hall–Kier alpha value is -2.63.